The zero-order chi connectivity index (χ0) is 15.6. The van der Waals surface area contributed by atoms with Gasteiger partial charge >= 0.3 is 6.18 Å². The third-order valence-electron chi connectivity index (χ3n) is 2.96. The molecule has 0 heterocycles. The first kappa shape index (κ1) is 16.5. The largest absolute Gasteiger partial charge is 0.419 e. The Morgan fingerprint density at radius 2 is 1.76 bits per heavy atom. The van der Waals surface area contributed by atoms with E-state index in [4.69, 9.17) is 0 Å². The van der Waals surface area contributed by atoms with E-state index in [1.165, 1.54) is 6.07 Å². The first-order chi connectivity index (χ1) is 9.77. The number of benzene rings is 2. The lowest BCUT2D eigenvalue weighted by molar-refractivity contribution is -0.140. The smallest absolute Gasteiger partial charge is 0.206 e. The zero-order valence-corrected chi connectivity index (χ0v) is 13.8. The fourth-order valence-electron chi connectivity index (χ4n) is 1.94. The van der Waals surface area contributed by atoms with Gasteiger partial charge in [0.15, 0.2) is 0 Å². The van der Waals surface area contributed by atoms with Crippen LogP contribution in [-0.4, -0.2) is 0 Å². The number of rotatable bonds is 3. The van der Waals surface area contributed by atoms with E-state index >= 15 is 0 Å². The highest BCUT2D eigenvalue weighted by molar-refractivity contribution is 9.10. The Balaban J connectivity index is 2.25. The predicted octanol–water partition coefficient (Wildman–Crippen LogP) is 6.29. The van der Waals surface area contributed by atoms with E-state index in [0.29, 0.717) is 12.0 Å². The van der Waals surface area contributed by atoms with Crippen molar-refractivity contribution in [3.63, 3.8) is 0 Å². The molecule has 1 atom stereocenters. The first-order valence-electron chi connectivity index (χ1n) is 6.02. The normalized spacial score (nSPS) is 13.2. The van der Waals surface area contributed by atoms with E-state index in [1.807, 2.05) is 24.3 Å². The molecule has 0 nitrogen and oxygen atoms in total. The van der Waals surface area contributed by atoms with E-state index < -0.39 is 17.6 Å². The Morgan fingerprint density at radius 3 is 2.38 bits per heavy atom. The van der Waals surface area contributed by atoms with Crippen molar-refractivity contribution in [2.45, 2.75) is 17.4 Å². The Morgan fingerprint density at radius 1 is 1.05 bits per heavy atom. The van der Waals surface area contributed by atoms with E-state index in [2.05, 4.69) is 31.9 Å². The molecular weight excluding hydrogens is 416 g/mol. The SMILES string of the molecule is Fc1ccc(C(Br)Cc2cccc(Br)c2)cc1C(F)(F)F. The number of hydrogen-bond donors (Lipinski definition) is 0. The maximum Gasteiger partial charge on any atom is 0.419 e. The highest BCUT2D eigenvalue weighted by atomic mass is 79.9. The fraction of sp³-hybridized carbons (Fsp3) is 0.200. The van der Waals surface area contributed by atoms with Gasteiger partial charge in [0.05, 0.1) is 5.56 Å². The number of hydrogen-bond acceptors (Lipinski definition) is 0. The molecule has 0 bridgehead atoms. The lowest BCUT2D eigenvalue weighted by Gasteiger charge is -2.14. The minimum absolute atomic E-state index is 0.325. The maximum absolute atomic E-state index is 13.3. The minimum atomic E-state index is -4.69. The molecule has 0 aromatic heterocycles. The third-order valence-corrected chi connectivity index (χ3v) is 4.31. The van der Waals surface area contributed by atoms with Gasteiger partial charge in [-0.1, -0.05) is 50.1 Å². The van der Waals surface area contributed by atoms with Crippen LogP contribution in [0, 0.1) is 5.82 Å². The molecule has 21 heavy (non-hydrogen) atoms. The van der Waals surface area contributed by atoms with Crippen LogP contribution in [-0.2, 0) is 12.6 Å². The van der Waals surface area contributed by atoms with Gasteiger partial charge in [-0.2, -0.15) is 13.2 Å². The van der Waals surface area contributed by atoms with E-state index in [0.717, 1.165) is 22.2 Å². The fourth-order valence-corrected chi connectivity index (χ4v) is 3.05. The molecule has 112 valence electrons. The summed E-state index contributed by atoms with van der Waals surface area (Å²) in [6.07, 6.45) is -4.19. The Hall–Kier alpha value is -0.880. The number of halogens is 6. The summed E-state index contributed by atoms with van der Waals surface area (Å²) in [5.74, 6) is -1.26. The molecule has 0 saturated heterocycles. The Kier molecular flexibility index (Phi) is 5.09. The molecule has 2 aromatic rings. The summed E-state index contributed by atoms with van der Waals surface area (Å²) in [6.45, 7) is 0. The summed E-state index contributed by atoms with van der Waals surface area (Å²) >= 11 is 6.71. The summed E-state index contributed by atoms with van der Waals surface area (Å²) in [5, 5.41) is 0. The van der Waals surface area contributed by atoms with Crippen LogP contribution in [0.3, 0.4) is 0 Å². The third kappa shape index (κ3) is 4.30. The van der Waals surface area contributed by atoms with Gasteiger partial charge in [-0.25, -0.2) is 4.39 Å². The molecule has 6 heteroatoms. The predicted molar refractivity (Wildman–Crippen MR) is 80.9 cm³/mol. The van der Waals surface area contributed by atoms with Crippen LogP contribution in [0.5, 0.6) is 0 Å². The molecule has 0 aliphatic rings. The van der Waals surface area contributed by atoms with Crippen molar-refractivity contribution < 1.29 is 17.6 Å². The lowest BCUT2D eigenvalue weighted by Crippen LogP contribution is -2.09. The molecule has 1 unspecified atom stereocenters. The van der Waals surface area contributed by atoms with Crippen LogP contribution in [0.1, 0.15) is 21.5 Å². The molecule has 2 aromatic carbocycles. The second-order valence-electron chi connectivity index (χ2n) is 4.54. The van der Waals surface area contributed by atoms with Crippen molar-refractivity contribution in [3.8, 4) is 0 Å². The highest BCUT2D eigenvalue weighted by Crippen LogP contribution is 2.35. The van der Waals surface area contributed by atoms with Gasteiger partial charge in [-0.3, -0.25) is 0 Å². The Bertz CT molecular complexity index is 638. The molecule has 0 saturated carbocycles. The molecular formula is C15H10Br2F4. The summed E-state index contributed by atoms with van der Waals surface area (Å²) in [5.41, 5.74) is 0.117. The van der Waals surface area contributed by atoms with Gasteiger partial charge in [0.2, 0.25) is 0 Å². The lowest BCUT2D eigenvalue weighted by atomic mass is 10.0. The summed E-state index contributed by atoms with van der Waals surface area (Å²) in [6, 6.07) is 10.6. The van der Waals surface area contributed by atoms with Crippen LogP contribution >= 0.6 is 31.9 Å². The molecule has 0 fully saturated rings. The Labute approximate surface area is 136 Å². The quantitative estimate of drug-likeness (QED) is 0.400. The van der Waals surface area contributed by atoms with Crippen LogP contribution in [0.25, 0.3) is 0 Å². The molecule has 0 spiro atoms. The first-order valence-corrected chi connectivity index (χ1v) is 7.73. The molecule has 0 radical (unpaired) electrons. The van der Waals surface area contributed by atoms with Crippen LogP contribution in [0.15, 0.2) is 46.9 Å². The van der Waals surface area contributed by atoms with Crippen molar-refractivity contribution in [1.82, 2.24) is 0 Å². The van der Waals surface area contributed by atoms with E-state index in [-0.39, 0.29) is 4.83 Å². The topological polar surface area (TPSA) is 0 Å². The monoisotopic (exact) mass is 424 g/mol. The van der Waals surface area contributed by atoms with Gasteiger partial charge < -0.3 is 0 Å². The van der Waals surface area contributed by atoms with Crippen molar-refractivity contribution >= 4 is 31.9 Å². The molecule has 0 aliphatic heterocycles. The second kappa shape index (κ2) is 6.48. The average Bonchev–Trinajstić information content (AvgIpc) is 2.37. The standard InChI is InChI=1S/C15H10Br2F4/c16-11-3-1-2-9(6-11)7-13(17)10-4-5-14(18)12(8-10)15(19,20)21/h1-6,8,13H,7H2. The van der Waals surface area contributed by atoms with Crippen LogP contribution in [0.4, 0.5) is 17.6 Å². The van der Waals surface area contributed by atoms with Crippen LogP contribution in [0.2, 0.25) is 0 Å². The summed E-state index contributed by atoms with van der Waals surface area (Å²) in [4.78, 5) is -0.325. The van der Waals surface area contributed by atoms with Gasteiger partial charge in [-0.15, -0.1) is 0 Å². The van der Waals surface area contributed by atoms with Crippen molar-refractivity contribution in [3.05, 3.63) is 69.4 Å². The summed E-state index contributed by atoms with van der Waals surface area (Å²) in [7, 11) is 0. The number of alkyl halides is 4. The van der Waals surface area contributed by atoms with Gasteiger partial charge in [0, 0.05) is 9.30 Å². The maximum atomic E-state index is 13.3. The zero-order valence-electron chi connectivity index (χ0n) is 10.6. The highest BCUT2D eigenvalue weighted by Gasteiger charge is 2.34. The second-order valence-corrected chi connectivity index (χ2v) is 6.56. The van der Waals surface area contributed by atoms with Crippen molar-refractivity contribution in [2.24, 2.45) is 0 Å². The van der Waals surface area contributed by atoms with Crippen molar-refractivity contribution in [1.29, 1.82) is 0 Å². The molecule has 0 N–H and O–H groups in total. The molecule has 0 amide bonds. The van der Waals surface area contributed by atoms with Gasteiger partial charge in [-0.05, 0) is 41.8 Å². The summed E-state index contributed by atoms with van der Waals surface area (Å²) < 4.78 is 52.3. The van der Waals surface area contributed by atoms with Gasteiger partial charge in [0.1, 0.15) is 5.82 Å². The van der Waals surface area contributed by atoms with E-state index in [1.54, 1.807) is 0 Å². The van der Waals surface area contributed by atoms with E-state index in [9.17, 15) is 17.6 Å². The molecule has 2 rings (SSSR count). The van der Waals surface area contributed by atoms with Gasteiger partial charge in [0.25, 0.3) is 0 Å². The molecule has 0 aliphatic carbocycles. The minimum Gasteiger partial charge on any atom is -0.206 e. The van der Waals surface area contributed by atoms with Crippen molar-refractivity contribution in [2.75, 3.05) is 0 Å². The van der Waals surface area contributed by atoms with Crippen LogP contribution < -0.4 is 0 Å². The average molecular weight is 426 g/mol.